The minimum Gasteiger partial charge on any atom is -0.394 e. The van der Waals surface area contributed by atoms with Crippen molar-refractivity contribution in [3.8, 4) is 0 Å². The summed E-state index contributed by atoms with van der Waals surface area (Å²) in [6.07, 6.45) is 0. The lowest BCUT2D eigenvalue weighted by atomic mass is 10.6. The van der Waals surface area contributed by atoms with E-state index in [9.17, 15) is 4.57 Å². The Morgan fingerprint density at radius 2 is 1.85 bits per heavy atom. The van der Waals surface area contributed by atoms with Crippen molar-refractivity contribution in [2.45, 2.75) is 0 Å². The summed E-state index contributed by atoms with van der Waals surface area (Å²) in [5, 5.41) is 8.32. The Balaban J connectivity index is 3.57. The fourth-order valence-corrected chi connectivity index (χ4v) is 1.23. The number of rotatable bonds is 7. The molecule has 1 unspecified atom stereocenters. The van der Waals surface area contributed by atoms with E-state index in [2.05, 4.69) is 9.05 Å². The summed E-state index contributed by atoms with van der Waals surface area (Å²) >= 11 is 0. The Morgan fingerprint density at radius 1 is 1.31 bits per heavy atom. The molecule has 0 aliphatic heterocycles. The topological polar surface area (TPSA) is 79.2 Å². The fourth-order valence-electron chi connectivity index (χ4n) is 0.532. The number of phosphoric ester groups is 1. The Hall–Kier alpha value is 0.0300. The molecule has 0 spiro atoms. The van der Waals surface area contributed by atoms with Gasteiger partial charge in [-0.05, 0) is 14.1 Å². The van der Waals surface area contributed by atoms with Crippen molar-refractivity contribution in [3.05, 3.63) is 0 Å². The van der Waals surface area contributed by atoms with Crippen molar-refractivity contribution in [3.63, 3.8) is 0 Å². The Kier molecular flexibility index (Phi) is 6.49. The first kappa shape index (κ1) is 13.0. The molecule has 80 valence electrons. The van der Waals surface area contributed by atoms with Gasteiger partial charge in [0.2, 0.25) is 0 Å². The van der Waals surface area contributed by atoms with Gasteiger partial charge in [0.15, 0.2) is 0 Å². The predicted octanol–water partition coefficient (Wildman–Crippen LogP) is -0.326. The molecule has 2 N–H and O–H groups in total. The van der Waals surface area contributed by atoms with Gasteiger partial charge >= 0.3 is 7.82 Å². The molecule has 0 radical (unpaired) electrons. The molecule has 0 saturated heterocycles. The van der Waals surface area contributed by atoms with E-state index < -0.39 is 7.82 Å². The van der Waals surface area contributed by atoms with E-state index in [4.69, 9.17) is 10.00 Å². The van der Waals surface area contributed by atoms with Crippen molar-refractivity contribution in [2.24, 2.45) is 0 Å². The van der Waals surface area contributed by atoms with E-state index in [1.54, 1.807) is 0 Å². The number of aliphatic hydroxyl groups excluding tert-OH is 1. The van der Waals surface area contributed by atoms with Crippen molar-refractivity contribution < 1.29 is 23.6 Å². The molecule has 0 aromatic carbocycles. The van der Waals surface area contributed by atoms with E-state index in [1.807, 2.05) is 19.0 Å². The number of hydrogen-bond acceptors (Lipinski definition) is 5. The summed E-state index contributed by atoms with van der Waals surface area (Å²) in [6, 6.07) is 0. The van der Waals surface area contributed by atoms with Gasteiger partial charge in [-0.15, -0.1) is 0 Å². The average Bonchev–Trinajstić information content (AvgIpc) is 2.00. The third-order valence-corrected chi connectivity index (χ3v) is 2.16. The molecule has 0 aromatic rings. The molecule has 0 bridgehead atoms. The molecule has 0 saturated carbocycles. The molecule has 7 heteroatoms. The SMILES string of the molecule is CN(C)CCOP(=O)(O)OCCO. The van der Waals surface area contributed by atoms with E-state index in [0.29, 0.717) is 6.54 Å². The molecule has 0 heterocycles. The van der Waals surface area contributed by atoms with E-state index >= 15 is 0 Å². The van der Waals surface area contributed by atoms with Crippen LogP contribution in [0.3, 0.4) is 0 Å². The standard InChI is InChI=1S/C6H16NO5P/c1-7(2)3-5-11-13(9,10)12-6-4-8/h8H,3-6H2,1-2H3,(H,9,10). The van der Waals surface area contributed by atoms with Crippen LogP contribution >= 0.6 is 7.82 Å². The lowest BCUT2D eigenvalue weighted by molar-refractivity contribution is 0.118. The maximum atomic E-state index is 10.9. The van der Waals surface area contributed by atoms with E-state index in [1.165, 1.54) is 0 Å². The van der Waals surface area contributed by atoms with Crippen LogP contribution in [0.5, 0.6) is 0 Å². The van der Waals surface area contributed by atoms with Gasteiger partial charge in [0.25, 0.3) is 0 Å². The number of phosphoric acid groups is 1. The van der Waals surface area contributed by atoms with Crippen LogP contribution in [0.1, 0.15) is 0 Å². The van der Waals surface area contributed by atoms with Gasteiger partial charge in [0.1, 0.15) is 0 Å². The molecule has 1 atom stereocenters. The quantitative estimate of drug-likeness (QED) is 0.564. The third-order valence-electron chi connectivity index (χ3n) is 1.14. The number of hydrogen-bond donors (Lipinski definition) is 2. The number of aliphatic hydroxyl groups is 1. The van der Waals surface area contributed by atoms with Gasteiger partial charge in [0, 0.05) is 6.54 Å². The van der Waals surface area contributed by atoms with Gasteiger partial charge in [-0.2, -0.15) is 0 Å². The molecule has 0 aliphatic carbocycles. The van der Waals surface area contributed by atoms with Crippen LogP contribution in [0.2, 0.25) is 0 Å². The molecule has 6 nitrogen and oxygen atoms in total. The molecule has 13 heavy (non-hydrogen) atoms. The second-order valence-corrected chi connectivity index (χ2v) is 4.12. The van der Waals surface area contributed by atoms with Crippen LogP contribution in [0, 0.1) is 0 Å². The Labute approximate surface area is 77.7 Å². The van der Waals surface area contributed by atoms with Gasteiger partial charge in [0.05, 0.1) is 19.8 Å². The Bertz CT molecular complexity index is 174. The minimum atomic E-state index is -3.95. The highest BCUT2D eigenvalue weighted by molar-refractivity contribution is 7.47. The molecular formula is C6H16NO5P. The zero-order chi connectivity index (χ0) is 10.3. The third kappa shape index (κ3) is 8.36. The summed E-state index contributed by atoms with van der Waals surface area (Å²) in [5.41, 5.74) is 0. The second kappa shape index (κ2) is 6.48. The van der Waals surface area contributed by atoms with Crippen molar-refractivity contribution >= 4 is 7.82 Å². The Morgan fingerprint density at radius 3 is 2.31 bits per heavy atom. The number of likely N-dealkylation sites (N-methyl/N-ethyl adjacent to an activating group) is 1. The predicted molar refractivity (Wildman–Crippen MR) is 47.4 cm³/mol. The fraction of sp³-hybridized carbons (Fsp3) is 1.00. The summed E-state index contributed by atoms with van der Waals surface area (Å²) in [7, 11) is -0.313. The molecule has 0 fully saturated rings. The molecule has 0 aliphatic rings. The summed E-state index contributed by atoms with van der Waals surface area (Å²) in [5.74, 6) is 0. The maximum Gasteiger partial charge on any atom is 0.472 e. The van der Waals surface area contributed by atoms with E-state index in [-0.39, 0.29) is 19.8 Å². The first-order valence-electron chi connectivity index (χ1n) is 3.85. The van der Waals surface area contributed by atoms with Gasteiger partial charge in [-0.3, -0.25) is 9.05 Å². The minimum absolute atomic E-state index is 0.117. The van der Waals surface area contributed by atoms with Crippen LogP contribution in [0.25, 0.3) is 0 Å². The molecule has 0 aromatic heterocycles. The summed E-state index contributed by atoms with van der Waals surface area (Å²) in [6.45, 7) is 0.149. The van der Waals surface area contributed by atoms with Crippen molar-refractivity contribution in [2.75, 3.05) is 40.5 Å². The van der Waals surface area contributed by atoms with Crippen LogP contribution in [0.15, 0.2) is 0 Å². The van der Waals surface area contributed by atoms with Gasteiger partial charge < -0.3 is 14.9 Å². The van der Waals surface area contributed by atoms with Gasteiger partial charge in [-0.25, -0.2) is 4.57 Å². The lowest BCUT2D eigenvalue weighted by Gasteiger charge is -2.13. The smallest absolute Gasteiger partial charge is 0.394 e. The zero-order valence-electron chi connectivity index (χ0n) is 7.84. The second-order valence-electron chi connectivity index (χ2n) is 2.66. The number of nitrogens with zero attached hydrogens (tertiary/aromatic N) is 1. The first-order valence-corrected chi connectivity index (χ1v) is 5.35. The highest BCUT2D eigenvalue weighted by Gasteiger charge is 2.19. The average molecular weight is 213 g/mol. The molecular weight excluding hydrogens is 197 g/mol. The summed E-state index contributed by atoms with van der Waals surface area (Å²) < 4.78 is 19.9. The van der Waals surface area contributed by atoms with Crippen LogP contribution in [-0.4, -0.2) is 55.4 Å². The first-order chi connectivity index (χ1) is 5.98. The van der Waals surface area contributed by atoms with E-state index in [0.717, 1.165) is 0 Å². The highest BCUT2D eigenvalue weighted by atomic mass is 31.2. The maximum absolute atomic E-state index is 10.9. The van der Waals surface area contributed by atoms with Gasteiger partial charge in [-0.1, -0.05) is 0 Å². The van der Waals surface area contributed by atoms with Crippen LogP contribution in [0.4, 0.5) is 0 Å². The normalized spacial score (nSPS) is 16.1. The molecule has 0 amide bonds. The van der Waals surface area contributed by atoms with Crippen LogP contribution < -0.4 is 0 Å². The monoisotopic (exact) mass is 213 g/mol. The molecule has 0 rings (SSSR count). The van der Waals surface area contributed by atoms with Crippen LogP contribution in [-0.2, 0) is 13.6 Å². The zero-order valence-corrected chi connectivity index (χ0v) is 8.74. The largest absolute Gasteiger partial charge is 0.472 e. The summed E-state index contributed by atoms with van der Waals surface area (Å²) in [4.78, 5) is 10.8. The lowest BCUT2D eigenvalue weighted by Crippen LogP contribution is -2.17. The van der Waals surface area contributed by atoms with Crippen molar-refractivity contribution in [1.82, 2.24) is 4.90 Å². The highest BCUT2D eigenvalue weighted by Crippen LogP contribution is 2.42. The van der Waals surface area contributed by atoms with Crippen molar-refractivity contribution in [1.29, 1.82) is 0 Å².